The topological polar surface area (TPSA) is 17.1 Å². The lowest BCUT2D eigenvalue weighted by molar-refractivity contribution is -0.117. The molecule has 0 bridgehead atoms. The molecule has 1 aliphatic carbocycles. The maximum Gasteiger partial charge on any atom is 0.133 e. The van der Waals surface area contributed by atoms with Crippen molar-refractivity contribution in [1.82, 2.24) is 0 Å². The Labute approximate surface area is 51.1 Å². The highest BCUT2D eigenvalue weighted by Gasteiger charge is 2.16. The highest BCUT2D eigenvalue weighted by molar-refractivity contribution is 5.80. The van der Waals surface area contributed by atoms with Crippen LogP contribution in [0.3, 0.4) is 0 Å². The summed E-state index contributed by atoms with van der Waals surface area (Å²) in [6.45, 7) is 2.13. The van der Waals surface area contributed by atoms with E-state index in [4.69, 9.17) is 0 Å². The zero-order valence-electron chi connectivity index (χ0n) is 4.61. The second kappa shape index (κ2) is 2.85. The molecule has 0 spiro atoms. The molecule has 1 nitrogen and oxygen atoms in total. The first-order chi connectivity index (χ1) is 3.29. The van der Waals surface area contributed by atoms with Crippen LogP contribution in [0, 0.1) is 5.92 Å². The average molecular weight is 114 g/mol. The zero-order valence-corrected chi connectivity index (χ0v) is 4.61. The Hall–Kier alpha value is -0.330. The molecule has 1 saturated carbocycles. The van der Waals surface area contributed by atoms with Gasteiger partial charge in [0.1, 0.15) is 5.78 Å². The highest BCUT2D eigenvalue weighted by Crippen LogP contribution is 2.19. The molecule has 0 aromatic rings. The van der Waals surface area contributed by atoms with E-state index in [1.807, 2.05) is 0 Å². The maximum absolute atomic E-state index is 10.5. The largest absolute Gasteiger partial charge is 0.300 e. The molecule has 0 unspecified atom stereocenters. The van der Waals surface area contributed by atoms with Crippen LogP contribution in [0.15, 0.2) is 0 Å². The van der Waals surface area contributed by atoms with Gasteiger partial charge >= 0.3 is 0 Å². The number of ketones is 1. The van der Waals surface area contributed by atoms with Crippen molar-refractivity contribution in [3.63, 3.8) is 0 Å². The quantitative estimate of drug-likeness (QED) is 0.471. The minimum Gasteiger partial charge on any atom is -0.300 e. The van der Waals surface area contributed by atoms with Crippen LogP contribution >= 0.6 is 0 Å². The van der Waals surface area contributed by atoms with Crippen molar-refractivity contribution < 1.29 is 4.79 Å². The molecule has 0 aromatic carbocycles. The molecule has 0 heterocycles. The van der Waals surface area contributed by atoms with Crippen LogP contribution in [0.1, 0.15) is 33.6 Å². The number of hydrogen-bond acceptors (Lipinski definition) is 1. The van der Waals surface area contributed by atoms with Gasteiger partial charge in [-0.05, 0) is 12.3 Å². The van der Waals surface area contributed by atoms with E-state index in [0.717, 1.165) is 19.3 Å². The molecule has 0 N–H and O–H groups in total. The summed E-state index contributed by atoms with van der Waals surface area (Å²) in [7, 11) is 0. The predicted octanol–water partition coefficient (Wildman–Crippen LogP) is 2.01. The number of carbonyl (C=O) groups excluding carboxylic acids is 1. The lowest BCUT2D eigenvalue weighted by Crippen LogP contribution is -1.86. The Morgan fingerprint density at radius 1 is 1.62 bits per heavy atom. The van der Waals surface area contributed by atoms with Crippen LogP contribution in [-0.2, 0) is 4.79 Å². The Kier molecular flexibility index (Phi) is 2.74. The summed E-state index contributed by atoms with van der Waals surface area (Å²) in [6.07, 6.45) is 2.79. The molecular formula is C7H14O. The Bertz CT molecular complexity index is 86.4. The first kappa shape index (κ1) is 7.67. The Morgan fingerprint density at radius 3 is 2.38 bits per heavy atom. The van der Waals surface area contributed by atoms with Gasteiger partial charge in [0.05, 0.1) is 0 Å². The summed E-state index contributed by atoms with van der Waals surface area (Å²) in [4.78, 5) is 10.5. The van der Waals surface area contributed by atoms with Gasteiger partial charge in [0, 0.05) is 12.8 Å². The van der Waals surface area contributed by atoms with Gasteiger partial charge in [0.2, 0.25) is 0 Å². The van der Waals surface area contributed by atoms with Crippen LogP contribution in [0.5, 0.6) is 0 Å². The number of rotatable bonds is 0. The number of carbonyl (C=O) groups is 1. The minimum atomic E-state index is 0. The minimum absolute atomic E-state index is 0. The summed E-state index contributed by atoms with van der Waals surface area (Å²) in [6, 6.07) is 0. The standard InChI is InChI=1S/C6H10O.CH4/c1-5-2-3-6(7)4-5;/h5H,2-4H2,1H3;1H4/t5-;/m0./s1. The molecule has 0 radical (unpaired) electrons. The summed E-state index contributed by atoms with van der Waals surface area (Å²) in [5.74, 6) is 1.12. The van der Waals surface area contributed by atoms with Crippen LogP contribution in [0.25, 0.3) is 0 Å². The average Bonchev–Trinajstić information content (AvgIpc) is 1.87. The van der Waals surface area contributed by atoms with Gasteiger partial charge in [0.25, 0.3) is 0 Å². The fourth-order valence-corrected chi connectivity index (χ4v) is 1.00. The molecule has 0 aliphatic heterocycles. The summed E-state index contributed by atoms with van der Waals surface area (Å²) in [5.41, 5.74) is 0. The highest BCUT2D eigenvalue weighted by atomic mass is 16.1. The predicted molar refractivity (Wildman–Crippen MR) is 34.8 cm³/mol. The third kappa shape index (κ3) is 1.65. The van der Waals surface area contributed by atoms with Crippen molar-refractivity contribution in [2.24, 2.45) is 5.92 Å². The SMILES string of the molecule is C.C[C@H]1CCC(=O)C1. The molecule has 0 aromatic heterocycles. The smallest absolute Gasteiger partial charge is 0.133 e. The molecule has 48 valence electrons. The molecule has 1 aliphatic rings. The van der Waals surface area contributed by atoms with Crippen LogP contribution in [0.4, 0.5) is 0 Å². The third-order valence-corrected chi connectivity index (χ3v) is 1.49. The van der Waals surface area contributed by atoms with Crippen molar-refractivity contribution in [3.8, 4) is 0 Å². The van der Waals surface area contributed by atoms with Gasteiger partial charge < -0.3 is 0 Å². The molecule has 0 saturated heterocycles. The number of Topliss-reactive ketones (excluding diaryl/α,β-unsaturated/α-hetero) is 1. The van der Waals surface area contributed by atoms with Gasteiger partial charge in [-0.15, -0.1) is 0 Å². The second-order valence-corrected chi connectivity index (χ2v) is 2.39. The molecule has 0 amide bonds. The van der Waals surface area contributed by atoms with Gasteiger partial charge in [-0.1, -0.05) is 14.4 Å². The molecule has 8 heavy (non-hydrogen) atoms. The molecule has 1 atom stereocenters. The molecular weight excluding hydrogens is 100 g/mol. The van der Waals surface area contributed by atoms with Gasteiger partial charge in [-0.3, -0.25) is 4.79 Å². The van der Waals surface area contributed by atoms with E-state index >= 15 is 0 Å². The fourth-order valence-electron chi connectivity index (χ4n) is 1.00. The lowest BCUT2D eigenvalue weighted by Gasteiger charge is -1.90. The summed E-state index contributed by atoms with van der Waals surface area (Å²) in [5, 5.41) is 0. The zero-order chi connectivity index (χ0) is 5.28. The first-order valence-electron chi connectivity index (χ1n) is 2.81. The van der Waals surface area contributed by atoms with Crippen molar-refractivity contribution in [2.45, 2.75) is 33.6 Å². The maximum atomic E-state index is 10.5. The third-order valence-electron chi connectivity index (χ3n) is 1.49. The van der Waals surface area contributed by atoms with E-state index in [2.05, 4.69) is 6.92 Å². The van der Waals surface area contributed by atoms with Crippen molar-refractivity contribution >= 4 is 5.78 Å². The lowest BCUT2D eigenvalue weighted by atomic mass is 10.1. The molecule has 1 rings (SSSR count). The van der Waals surface area contributed by atoms with Crippen LogP contribution < -0.4 is 0 Å². The van der Waals surface area contributed by atoms with Gasteiger partial charge in [-0.2, -0.15) is 0 Å². The van der Waals surface area contributed by atoms with Gasteiger partial charge in [0.15, 0.2) is 0 Å². The normalized spacial score (nSPS) is 27.6. The Balaban J connectivity index is 0.000000490. The van der Waals surface area contributed by atoms with Crippen LogP contribution in [0.2, 0.25) is 0 Å². The monoisotopic (exact) mass is 114 g/mol. The van der Waals surface area contributed by atoms with E-state index < -0.39 is 0 Å². The Morgan fingerprint density at radius 2 is 2.25 bits per heavy atom. The van der Waals surface area contributed by atoms with E-state index in [1.165, 1.54) is 0 Å². The van der Waals surface area contributed by atoms with Crippen molar-refractivity contribution in [2.75, 3.05) is 0 Å². The first-order valence-corrected chi connectivity index (χ1v) is 2.81. The van der Waals surface area contributed by atoms with E-state index in [9.17, 15) is 4.79 Å². The van der Waals surface area contributed by atoms with E-state index in [1.54, 1.807) is 0 Å². The summed E-state index contributed by atoms with van der Waals surface area (Å²) >= 11 is 0. The van der Waals surface area contributed by atoms with Crippen molar-refractivity contribution in [1.29, 1.82) is 0 Å². The second-order valence-electron chi connectivity index (χ2n) is 2.39. The molecule has 1 fully saturated rings. The number of hydrogen-bond donors (Lipinski definition) is 0. The van der Waals surface area contributed by atoms with Crippen molar-refractivity contribution in [3.05, 3.63) is 0 Å². The van der Waals surface area contributed by atoms with Crippen LogP contribution in [-0.4, -0.2) is 5.78 Å². The van der Waals surface area contributed by atoms with E-state index in [0.29, 0.717) is 11.7 Å². The molecule has 1 heteroatoms. The van der Waals surface area contributed by atoms with Gasteiger partial charge in [-0.25, -0.2) is 0 Å². The van der Waals surface area contributed by atoms with E-state index in [-0.39, 0.29) is 7.43 Å². The summed E-state index contributed by atoms with van der Waals surface area (Å²) < 4.78 is 0. The fraction of sp³-hybridized carbons (Fsp3) is 0.857.